The monoisotopic (exact) mass is 415 g/mol. The fourth-order valence-electron chi connectivity index (χ4n) is 2.56. The number of halogens is 6. The Morgan fingerprint density at radius 2 is 1.69 bits per heavy atom. The molecule has 0 aliphatic heterocycles. The molecule has 10 heteroatoms. The summed E-state index contributed by atoms with van der Waals surface area (Å²) in [5.74, 6) is -0.517. The van der Waals surface area contributed by atoms with E-state index in [9.17, 15) is 31.1 Å². The maximum Gasteiger partial charge on any atom is 0.407 e. The maximum absolute atomic E-state index is 13.1. The molecule has 1 amide bonds. The first-order valence-electron chi connectivity index (χ1n) is 8.25. The van der Waals surface area contributed by atoms with E-state index >= 15 is 0 Å². The van der Waals surface area contributed by atoms with Gasteiger partial charge in [-0.1, -0.05) is 24.3 Å². The lowest BCUT2D eigenvalue weighted by molar-refractivity contribution is -0.136. The molecule has 0 atom stereocenters. The minimum absolute atomic E-state index is 0.226. The molecule has 0 spiro atoms. The molecule has 0 radical (unpaired) electrons. The Labute approximate surface area is 162 Å². The number of carbonyl (C=O) groups is 1. The molecule has 0 bridgehead atoms. The highest BCUT2D eigenvalue weighted by atomic mass is 19.4. The first-order chi connectivity index (χ1) is 13.5. The molecule has 2 aromatic rings. The summed E-state index contributed by atoms with van der Waals surface area (Å²) in [7, 11) is 0. The summed E-state index contributed by atoms with van der Waals surface area (Å²) in [6, 6.07) is 10.3. The van der Waals surface area contributed by atoms with Crippen molar-refractivity contribution in [3.8, 4) is 0 Å². The highest BCUT2D eigenvalue weighted by Crippen LogP contribution is 2.39. The lowest BCUT2D eigenvalue weighted by Crippen LogP contribution is -2.40. The van der Waals surface area contributed by atoms with Crippen molar-refractivity contribution in [2.45, 2.75) is 12.4 Å². The summed E-state index contributed by atoms with van der Waals surface area (Å²) < 4.78 is 78.1. The van der Waals surface area contributed by atoms with Crippen molar-refractivity contribution in [3.63, 3.8) is 0 Å². The minimum Gasteiger partial charge on any atom is -0.361 e. The van der Waals surface area contributed by atoms with Crippen molar-refractivity contribution in [2.75, 3.05) is 24.5 Å². The van der Waals surface area contributed by atoms with Gasteiger partial charge in [-0.2, -0.15) is 26.3 Å². The Morgan fingerprint density at radius 1 is 1.03 bits per heavy atom. The molecule has 0 saturated carbocycles. The number of benzene rings is 2. The maximum atomic E-state index is 13.1. The Hall–Kier alpha value is -3.22. The Balaban J connectivity index is 2.20. The van der Waals surface area contributed by atoms with Crippen molar-refractivity contribution in [1.82, 2.24) is 5.32 Å². The molecule has 4 nitrogen and oxygen atoms in total. The van der Waals surface area contributed by atoms with E-state index in [0.29, 0.717) is 16.5 Å². The predicted molar refractivity (Wildman–Crippen MR) is 94.7 cm³/mol. The molecule has 1 N–H and O–H groups in total. The van der Waals surface area contributed by atoms with Gasteiger partial charge in [0.15, 0.2) is 5.69 Å². The predicted octanol–water partition coefficient (Wildman–Crippen LogP) is 5.05. The van der Waals surface area contributed by atoms with E-state index in [2.05, 4.69) is 10.2 Å². The number of amides is 1. The summed E-state index contributed by atoms with van der Waals surface area (Å²) in [5.41, 5.74) is -2.07. The zero-order valence-electron chi connectivity index (χ0n) is 14.8. The Morgan fingerprint density at radius 3 is 2.24 bits per heavy atom. The van der Waals surface area contributed by atoms with Gasteiger partial charge >= 0.3 is 12.4 Å². The molecule has 29 heavy (non-hydrogen) atoms. The Kier molecular flexibility index (Phi) is 6.74. The number of alkyl halides is 6. The zero-order chi connectivity index (χ0) is 21.7. The van der Waals surface area contributed by atoms with Gasteiger partial charge in [-0.3, -0.25) is 4.79 Å². The molecule has 0 heterocycles. The Bertz CT molecular complexity index is 888. The number of hydrogen-bond donors (Lipinski definition) is 1. The molecule has 154 valence electrons. The van der Waals surface area contributed by atoms with Crippen LogP contribution >= 0.6 is 0 Å². The van der Waals surface area contributed by atoms with E-state index in [-0.39, 0.29) is 18.8 Å². The topological polar surface area (TPSA) is 36.7 Å². The van der Waals surface area contributed by atoms with Gasteiger partial charge in [0, 0.05) is 24.3 Å². The minimum atomic E-state index is -4.89. The summed E-state index contributed by atoms with van der Waals surface area (Å²) in [6.45, 7) is 4.69. The van der Waals surface area contributed by atoms with Crippen LogP contribution in [0, 0.1) is 6.57 Å². The van der Waals surface area contributed by atoms with Crippen molar-refractivity contribution in [1.29, 1.82) is 0 Å². The molecule has 0 fully saturated rings. The van der Waals surface area contributed by atoms with Crippen molar-refractivity contribution >= 4 is 17.3 Å². The van der Waals surface area contributed by atoms with Crippen LogP contribution in [0.4, 0.5) is 37.7 Å². The second-order valence-corrected chi connectivity index (χ2v) is 5.97. The molecule has 0 aliphatic rings. The van der Waals surface area contributed by atoms with Crippen molar-refractivity contribution < 1.29 is 31.1 Å². The van der Waals surface area contributed by atoms with E-state index in [1.165, 1.54) is 12.1 Å². The average molecular weight is 415 g/mol. The second kappa shape index (κ2) is 8.86. The number of rotatable bonds is 6. The molecule has 0 saturated heterocycles. The summed E-state index contributed by atoms with van der Waals surface area (Å²) in [5, 5.41) is 2.43. The van der Waals surface area contributed by atoms with Crippen molar-refractivity contribution in [3.05, 3.63) is 71.1 Å². The average Bonchev–Trinajstić information content (AvgIpc) is 2.65. The normalized spacial score (nSPS) is 11.6. The molecule has 0 aliphatic carbocycles. The van der Waals surface area contributed by atoms with Gasteiger partial charge in [0.25, 0.3) is 5.91 Å². The van der Waals surface area contributed by atoms with Crippen LogP contribution in [0.2, 0.25) is 0 Å². The van der Waals surface area contributed by atoms with E-state index in [1.807, 2.05) is 0 Å². The van der Waals surface area contributed by atoms with E-state index in [1.54, 1.807) is 18.2 Å². The first-order valence-corrected chi connectivity index (χ1v) is 8.25. The third kappa shape index (κ3) is 6.41. The van der Waals surface area contributed by atoms with Crippen LogP contribution in [-0.4, -0.2) is 31.7 Å². The largest absolute Gasteiger partial charge is 0.407 e. The SMILES string of the molecule is [C-]#[N+]c1ccc(N(CCNC(=O)c2ccccc2)CC(F)(F)F)cc1C(F)(F)F. The highest BCUT2D eigenvalue weighted by molar-refractivity contribution is 5.94. The summed E-state index contributed by atoms with van der Waals surface area (Å²) in [4.78, 5) is 15.4. The molecule has 2 rings (SSSR count). The highest BCUT2D eigenvalue weighted by Gasteiger charge is 2.35. The number of nitrogens with zero attached hydrogens (tertiary/aromatic N) is 2. The third-order valence-corrected chi connectivity index (χ3v) is 3.84. The standard InChI is InChI=1S/C19H15F6N3O/c1-26-16-8-7-14(11-15(16)19(23,24)25)28(12-18(20,21)22)10-9-27-17(29)13-5-3-2-4-6-13/h2-8,11H,9-10,12H2,(H,27,29). The van der Waals surface area contributed by atoms with E-state index in [4.69, 9.17) is 6.57 Å². The van der Waals surface area contributed by atoms with Crippen LogP contribution in [-0.2, 0) is 6.18 Å². The first kappa shape index (κ1) is 22.1. The van der Waals surface area contributed by atoms with Gasteiger partial charge < -0.3 is 10.2 Å². The van der Waals surface area contributed by atoms with Gasteiger partial charge in [0.1, 0.15) is 6.54 Å². The summed E-state index contributed by atoms with van der Waals surface area (Å²) >= 11 is 0. The number of nitrogens with one attached hydrogen (secondary N) is 1. The molecular formula is C19H15F6N3O. The van der Waals surface area contributed by atoms with Crippen molar-refractivity contribution in [2.24, 2.45) is 0 Å². The smallest absolute Gasteiger partial charge is 0.361 e. The van der Waals surface area contributed by atoms with Crippen LogP contribution in [0.1, 0.15) is 15.9 Å². The molecule has 0 unspecified atom stereocenters. The lowest BCUT2D eigenvalue weighted by Gasteiger charge is -2.27. The van der Waals surface area contributed by atoms with Crippen LogP contribution in [0.5, 0.6) is 0 Å². The van der Waals surface area contributed by atoms with Gasteiger partial charge in [-0.05, 0) is 24.3 Å². The van der Waals surface area contributed by atoms with Crippen LogP contribution in [0.3, 0.4) is 0 Å². The fourth-order valence-corrected chi connectivity index (χ4v) is 2.56. The zero-order valence-corrected chi connectivity index (χ0v) is 14.8. The van der Waals surface area contributed by atoms with E-state index in [0.717, 1.165) is 12.1 Å². The lowest BCUT2D eigenvalue weighted by atomic mass is 10.1. The number of anilines is 1. The van der Waals surface area contributed by atoms with Gasteiger partial charge in [0.2, 0.25) is 0 Å². The molecule has 0 aromatic heterocycles. The quantitative estimate of drug-likeness (QED) is 0.529. The van der Waals surface area contributed by atoms with Crippen LogP contribution in [0.25, 0.3) is 4.85 Å². The van der Waals surface area contributed by atoms with Crippen LogP contribution in [0.15, 0.2) is 48.5 Å². The number of hydrogen-bond acceptors (Lipinski definition) is 2. The molecule has 2 aromatic carbocycles. The van der Waals surface area contributed by atoms with Gasteiger partial charge in [0.05, 0.1) is 12.1 Å². The molecular weight excluding hydrogens is 400 g/mol. The van der Waals surface area contributed by atoms with Gasteiger partial charge in [-0.15, -0.1) is 0 Å². The summed E-state index contributed by atoms with van der Waals surface area (Å²) in [6.07, 6.45) is -9.57. The fraction of sp³-hybridized carbons (Fsp3) is 0.263. The van der Waals surface area contributed by atoms with Crippen LogP contribution < -0.4 is 10.2 Å². The van der Waals surface area contributed by atoms with E-state index < -0.39 is 36.1 Å². The number of carbonyl (C=O) groups excluding carboxylic acids is 1. The third-order valence-electron chi connectivity index (χ3n) is 3.84. The van der Waals surface area contributed by atoms with Gasteiger partial charge in [-0.25, -0.2) is 4.85 Å². The second-order valence-electron chi connectivity index (χ2n) is 5.97.